The molecule has 0 atom stereocenters. The zero-order valence-corrected chi connectivity index (χ0v) is 17.0. The Kier molecular flexibility index (Phi) is 5.97. The number of anilines is 1. The summed E-state index contributed by atoms with van der Waals surface area (Å²) in [6.07, 6.45) is 2.13. The maximum Gasteiger partial charge on any atom is 0.434 e. The molecule has 0 radical (unpaired) electrons. The van der Waals surface area contributed by atoms with E-state index in [9.17, 15) is 18.0 Å². The van der Waals surface area contributed by atoms with Gasteiger partial charge in [0.1, 0.15) is 11.5 Å². The van der Waals surface area contributed by atoms with Crippen LogP contribution in [0.25, 0.3) is 5.65 Å². The fourth-order valence-electron chi connectivity index (χ4n) is 3.80. The SMILES string of the molecule is NC=Nc1ccc(C(=O)NC2CCC(Nc3cccc4nc(C(F)(F)F)cn34)CC2)cn1. The van der Waals surface area contributed by atoms with Gasteiger partial charge < -0.3 is 16.4 Å². The predicted molar refractivity (Wildman–Crippen MR) is 114 cm³/mol. The summed E-state index contributed by atoms with van der Waals surface area (Å²) >= 11 is 0. The number of fused-ring (bicyclic) bond motifs is 1. The maximum atomic E-state index is 13.0. The molecule has 3 heterocycles. The second-order valence-electron chi connectivity index (χ2n) is 7.61. The molecule has 0 aliphatic heterocycles. The van der Waals surface area contributed by atoms with Crippen LogP contribution in [-0.2, 0) is 6.18 Å². The van der Waals surface area contributed by atoms with Gasteiger partial charge in [0, 0.05) is 24.5 Å². The summed E-state index contributed by atoms with van der Waals surface area (Å²) in [4.78, 5) is 24.0. The average Bonchev–Trinajstić information content (AvgIpc) is 3.22. The Labute approximate surface area is 181 Å². The molecule has 168 valence electrons. The van der Waals surface area contributed by atoms with Crippen LogP contribution in [0.1, 0.15) is 41.7 Å². The van der Waals surface area contributed by atoms with E-state index in [-0.39, 0.29) is 23.6 Å². The quantitative estimate of drug-likeness (QED) is 0.411. The van der Waals surface area contributed by atoms with E-state index >= 15 is 0 Å². The van der Waals surface area contributed by atoms with Crippen LogP contribution >= 0.6 is 0 Å². The van der Waals surface area contributed by atoms with Gasteiger partial charge in [-0.1, -0.05) is 6.07 Å². The van der Waals surface area contributed by atoms with E-state index in [2.05, 4.69) is 25.6 Å². The molecule has 0 unspecified atom stereocenters. The summed E-state index contributed by atoms with van der Waals surface area (Å²) in [7, 11) is 0. The Morgan fingerprint density at radius 2 is 1.91 bits per heavy atom. The van der Waals surface area contributed by atoms with Crippen molar-refractivity contribution in [2.75, 3.05) is 5.32 Å². The Bertz CT molecular complexity index is 1120. The molecule has 0 bridgehead atoms. The Balaban J connectivity index is 1.34. The lowest BCUT2D eigenvalue weighted by molar-refractivity contribution is -0.140. The van der Waals surface area contributed by atoms with Crippen LogP contribution in [0.3, 0.4) is 0 Å². The van der Waals surface area contributed by atoms with E-state index in [4.69, 9.17) is 5.73 Å². The number of hydrogen-bond donors (Lipinski definition) is 3. The molecular weight excluding hydrogens is 423 g/mol. The van der Waals surface area contributed by atoms with Crippen molar-refractivity contribution in [2.24, 2.45) is 10.7 Å². The van der Waals surface area contributed by atoms with Crippen LogP contribution in [0.4, 0.5) is 24.8 Å². The topological polar surface area (TPSA) is 110 Å². The lowest BCUT2D eigenvalue weighted by Gasteiger charge is -2.30. The molecule has 11 heteroatoms. The fraction of sp³-hybridized carbons (Fsp3) is 0.333. The molecule has 1 aliphatic rings. The van der Waals surface area contributed by atoms with Gasteiger partial charge in [0.2, 0.25) is 0 Å². The van der Waals surface area contributed by atoms with Crippen LogP contribution in [0.15, 0.2) is 47.7 Å². The van der Waals surface area contributed by atoms with Crippen molar-refractivity contribution >= 4 is 29.5 Å². The maximum absolute atomic E-state index is 13.0. The van der Waals surface area contributed by atoms with E-state index in [0.717, 1.165) is 38.2 Å². The van der Waals surface area contributed by atoms with Gasteiger partial charge in [-0.25, -0.2) is 15.0 Å². The second-order valence-corrected chi connectivity index (χ2v) is 7.61. The Hall–Kier alpha value is -3.63. The van der Waals surface area contributed by atoms with E-state index in [1.165, 1.54) is 16.7 Å². The number of aromatic nitrogens is 3. The average molecular weight is 445 g/mol. The van der Waals surface area contributed by atoms with Gasteiger partial charge in [0.05, 0.1) is 11.9 Å². The van der Waals surface area contributed by atoms with Gasteiger partial charge in [0.15, 0.2) is 11.5 Å². The number of nitrogens with one attached hydrogen (secondary N) is 2. The van der Waals surface area contributed by atoms with Gasteiger partial charge in [0.25, 0.3) is 5.91 Å². The smallest absolute Gasteiger partial charge is 0.390 e. The third kappa shape index (κ3) is 4.82. The largest absolute Gasteiger partial charge is 0.434 e. The standard InChI is InChI=1S/C21H22F3N7O/c22-21(23,24)16-11-31-18(2-1-3-19(31)30-16)28-14-5-7-15(8-6-14)29-20(32)13-4-9-17(26-10-13)27-12-25/h1-4,9-12,14-15,28H,5-8H2,(H,29,32)(H2,25,26,27). The molecule has 4 rings (SSSR count). The molecule has 1 fully saturated rings. The number of hydrogen-bond acceptors (Lipinski definition) is 5. The van der Waals surface area contributed by atoms with Crippen molar-refractivity contribution < 1.29 is 18.0 Å². The number of nitrogens with two attached hydrogens (primary N) is 1. The summed E-state index contributed by atoms with van der Waals surface area (Å²) in [6.45, 7) is 0. The highest BCUT2D eigenvalue weighted by atomic mass is 19.4. The number of pyridine rings is 2. The van der Waals surface area contributed by atoms with Gasteiger partial charge in [-0.15, -0.1) is 0 Å². The number of alkyl halides is 3. The lowest BCUT2D eigenvalue weighted by Crippen LogP contribution is -2.40. The zero-order chi connectivity index (χ0) is 22.7. The van der Waals surface area contributed by atoms with Crippen molar-refractivity contribution in [3.05, 3.63) is 54.0 Å². The third-order valence-corrected chi connectivity index (χ3v) is 5.41. The summed E-state index contributed by atoms with van der Waals surface area (Å²) in [5.74, 6) is 0.773. The number of amides is 1. The molecule has 4 N–H and O–H groups in total. The highest BCUT2D eigenvalue weighted by Gasteiger charge is 2.34. The fourth-order valence-corrected chi connectivity index (χ4v) is 3.80. The van der Waals surface area contributed by atoms with Crippen molar-refractivity contribution in [1.82, 2.24) is 19.7 Å². The summed E-state index contributed by atoms with van der Waals surface area (Å²) in [6, 6.07) is 8.29. The normalized spacial score (nSPS) is 19.3. The number of carbonyl (C=O) groups excluding carboxylic acids is 1. The van der Waals surface area contributed by atoms with E-state index < -0.39 is 11.9 Å². The molecule has 0 aromatic carbocycles. The van der Waals surface area contributed by atoms with Gasteiger partial charge in [-0.05, 0) is 49.9 Å². The molecule has 1 amide bonds. The highest BCUT2D eigenvalue weighted by molar-refractivity contribution is 5.94. The van der Waals surface area contributed by atoms with Gasteiger partial charge in [-0.3, -0.25) is 9.20 Å². The first-order valence-corrected chi connectivity index (χ1v) is 10.2. The molecule has 1 saturated carbocycles. The summed E-state index contributed by atoms with van der Waals surface area (Å²) in [5.41, 5.74) is 4.98. The monoisotopic (exact) mass is 445 g/mol. The summed E-state index contributed by atoms with van der Waals surface area (Å²) in [5, 5.41) is 6.33. The first-order chi connectivity index (χ1) is 15.3. The number of carbonyl (C=O) groups is 1. The Morgan fingerprint density at radius 3 is 2.56 bits per heavy atom. The predicted octanol–water partition coefficient (Wildman–Crippen LogP) is 3.52. The molecule has 0 spiro atoms. The third-order valence-electron chi connectivity index (χ3n) is 5.41. The molecule has 3 aromatic rings. The molecular formula is C21H22F3N7O. The molecule has 0 saturated heterocycles. The molecule has 32 heavy (non-hydrogen) atoms. The highest BCUT2D eigenvalue weighted by Crippen LogP contribution is 2.30. The van der Waals surface area contributed by atoms with Crippen LogP contribution in [-0.4, -0.2) is 38.7 Å². The first kappa shape index (κ1) is 21.6. The molecule has 1 aliphatic carbocycles. The summed E-state index contributed by atoms with van der Waals surface area (Å²) < 4.78 is 40.4. The number of nitrogens with zero attached hydrogens (tertiary/aromatic N) is 4. The lowest BCUT2D eigenvalue weighted by atomic mass is 9.91. The van der Waals surface area contributed by atoms with Crippen molar-refractivity contribution in [2.45, 2.75) is 43.9 Å². The minimum atomic E-state index is -4.49. The minimum absolute atomic E-state index is 0.0168. The number of halogens is 3. The van der Waals surface area contributed by atoms with Crippen molar-refractivity contribution in [3.63, 3.8) is 0 Å². The van der Waals surface area contributed by atoms with Gasteiger partial charge in [-0.2, -0.15) is 13.2 Å². The molecule has 8 nitrogen and oxygen atoms in total. The number of aliphatic imine (C=N–C) groups is 1. The van der Waals surface area contributed by atoms with E-state index in [1.54, 1.807) is 24.3 Å². The Morgan fingerprint density at radius 1 is 1.16 bits per heavy atom. The van der Waals surface area contributed by atoms with Crippen LogP contribution in [0.5, 0.6) is 0 Å². The van der Waals surface area contributed by atoms with E-state index in [1.807, 2.05) is 0 Å². The minimum Gasteiger partial charge on any atom is -0.390 e. The second kappa shape index (κ2) is 8.85. The zero-order valence-electron chi connectivity index (χ0n) is 17.0. The number of imidazole rings is 1. The first-order valence-electron chi connectivity index (χ1n) is 10.2. The van der Waals surface area contributed by atoms with Crippen LogP contribution in [0.2, 0.25) is 0 Å². The molecule has 3 aromatic heterocycles. The van der Waals surface area contributed by atoms with E-state index in [0.29, 0.717) is 17.2 Å². The van der Waals surface area contributed by atoms with Gasteiger partial charge >= 0.3 is 6.18 Å². The van der Waals surface area contributed by atoms with Crippen LogP contribution in [0, 0.1) is 0 Å². The van der Waals surface area contributed by atoms with Crippen LogP contribution < -0.4 is 16.4 Å². The van der Waals surface area contributed by atoms with Crippen molar-refractivity contribution in [1.29, 1.82) is 0 Å². The number of rotatable bonds is 5. The van der Waals surface area contributed by atoms with Crippen molar-refractivity contribution in [3.8, 4) is 0 Å².